The van der Waals surface area contributed by atoms with Gasteiger partial charge in [-0.15, -0.1) is 11.3 Å². The van der Waals surface area contributed by atoms with Gasteiger partial charge in [0.1, 0.15) is 16.5 Å². The highest BCUT2D eigenvalue weighted by atomic mass is 32.1. The fourth-order valence-corrected chi connectivity index (χ4v) is 6.48. The van der Waals surface area contributed by atoms with Crippen LogP contribution in [-0.4, -0.2) is 52.2 Å². The molecule has 0 saturated carbocycles. The van der Waals surface area contributed by atoms with Gasteiger partial charge in [-0.2, -0.15) is 0 Å². The minimum Gasteiger partial charge on any atom is -0.469 e. The summed E-state index contributed by atoms with van der Waals surface area (Å²) in [6, 6.07) is 15.5. The fraction of sp³-hybridized carbons (Fsp3) is 0.242. The van der Waals surface area contributed by atoms with Crippen LogP contribution in [0.3, 0.4) is 0 Å². The number of halogens is 2. The predicted octanol–water partition coefficient (Wildman–Crippen LogP) is 4.56. The Labute approximate surface area is 272 Å². The highest BCUT2D eigenvalue weighted by molar-refractivity contribution is 7.22. The van der Waals surface area contributed by atoms with Crippen LogP contribution < -0.4 is 21.9 Å². The summed E-state index contributed by atoms with van der Waals surface area (Å²) < 4.78 is 36.6. The molecule has 2 aromatic carbocycles. The molecule has 3 aromatic heterocycles. The minimum atomic E-state index is -0.844. The molecule has 5 rings (SSSR count). The Balaban J connectivity index is 1.74. The molecule has 0 bridgehead atoms. The molecule has 14 heteroatoms. The Morgan fingerprint density at radius 3 is 2.32 bits per heavy atom. The summed E-state index contributed by atoms with van der Waals surface area (Å²) in [5.41, 5.74) is 0.786. The molecule has 0 aliphatic heterocycles. The summed E-state index contributed by atoms with van der Waals surface area (Å²) in [5, 5.41) is 5.38. The molecule has 244 valence electrons. The Hall–Kier alpha value is -5.21. The number of rotatable bonds is 11. The van der Waals surface area contributed by atoms with E-state index in [1.165, 1.54) is 24.8 Å². The number of hydrogen-bond donors (Lipinski definition) is 2. The van der Waals surface area contributed by atoms with Crippen LogP contribution in [0.4, 0.5) is 19.3 Å². The third kappa shape index (κ3) is 7.28. The SMILES string of the molecule is CNC(=O)Nc1ccc(-c2sc3c(c2CN(C)Cc2ccccn2)c(=O)n(CCC(=O)OC)c(=O)n3Cc2c(F)cccc2F)cc1. The number of anilines is 1. The van der Waals surface area contributed by atoms with Crippen molar-refractivity contribution in [1.29, 1.82) is 0 Å². The minimum absolute atomic E-state index is 0.187. The van der Waals surface area contributed by atoms with Crippen molar-refractivity contribution in [3.05, 3.63) is 116 Å². The molecule has 0 atom stereocenters. The number of carbonyl (C=O) groups is 2. The van der Waals surface area contributed by atoms with E-state index in [9.17, 15) is 28.0 Å². The summed E-state index contributed by atoms with van der Waals surface area (Å²) in [5.74, 6) is -2.32. The second kappa shape index (κ2) is 14.5. The molecule has 0 aliphatic carbocycles. The van der Waals surface area contributed by atoms with Crippen molar-refractivity contribution >= 4 is 39.2 Å². The van der Waals surface area contributed by atoms with Gasteiger partial charge in [-0.05, 0) is 54.6 Å². The maximum Gasteiger partial charge on any atom is 0.332 e. The molecule has 0 aliphatic rings. The zero-order chi connectivity index (χ0) is 33.7. The van der Waals surface area contributed by atoms with Crippen molar-refractivity contribution in [1.82, 2.24) is 24.3 Å². The van der Waals surface area contributed by atoms with Crippen LogP contribution in [0.2, 0.25) is 0 Å². The third-order valence-corrected chi connectivity index (χ3v) is 8.82. The third-order valence-electron chi connectivity index (χ3n) is 7.52. The van der Waals surface area contributed by atoms with Gasteiger partial charge in [0, 0.05) is 49.0 Å². The number of benzene rings is 2. The number of thiophene rings is 1. The molecule has 11 nitrogen and oxygen atoms in total. The van der Waals surface area contributed by atoms with Crippen LogP contribution in [0, 0.1) is 11.6 Å². The molecule has 0 spiro atoms. The second-order valence-electron chi connectivity index (χ2n) is 10.7. The number of ether oxygens (including phenoxy) is 1. The number of hydrogen-bond acceptors (Lipinski definition) is 8. The molecule has 0 radical (unpaired) electrons. The quantitative estimate of drug-likeness (QED) is 0.199. The first-order valence-corrected chi connectivity index (χ1v) is 15.4. The molecule has 0 saturated heterocycles. The van der Waals surface area contributed by atoms with Crippen molar-refractivity contribution in [2.75, 3.05) is 26.5 Å². The number of aromatic nitrogens is 3. The molecule has 2 amide bonds. The van der Waals surface area contributed by atoms with Crippen LogP contribution in [0.5, 0.6) is 0 Å². The Bertz CT molecular complexity index is 2020. The number of carbonyl (C=O) groups excluding carboxylic acids is 2. The topological polar surface area (TPSA) is 128 Å². The van der Waals surface area contributed by atoms with Crippen molar-refractivity contribution in [3.8, 4) is 10.4 Å². The van der Waals surface area contributed by atoms with Gasteiger partial charge < -0.3 is 15.4 Å². The molecule has 0 unspecified atom stereocenters. The Morgan fingerprint density at radius 2 is 1.68 bits per heavy atom. The van der Waals surface area contributed by atoms with E-state index in [0.717, 1.165) is 33.7 Å². The van der Waals surface area contributed by atoms with E-state index in [2.05, 4.69) is 15.6 Å². The number of methoxy groups -OCH3 is 1. The van der Waals surface area contributed by atoms with Crippen molar-refractivity contribution < 1.29 is 23.1 Å². The molecular formula is C33H32F2N6O5S. The average Bonchev–Trinajstić information content (AvgIpc) is 3.43. The number of nitrogens with zero attached hydrogens (tertiary/aromatic N) is 4. The average molecular weight is 663 g/mol. The van der Waals surface area contributed by atoms with E-state index in [4.69, 9.17) is 4.74 Å². The van der Waals surface area contributed by atoms with Gasteiger partial charge in [0.15, 0.2) is 0 Å². The smallest absolute Gasteiger partial charge is 0.332 e. The fourth-order valence-electron chi connectivity index (χ4n) is 5.18. The zero-order valence-electron chi connectivity index (χ0n) is 25.9. The molecule has 5 aromatic rings. The van der Waals surface area contributed by atoms with E-state index in [0.29, 0.717) is 28.2 Å². The standard InChI is InChI=1S/C33H32F2N6O5S/c1-36-32(44)38-21-12-10-20(11-13-21)29-24(18-39(2)17-22-7-4-5-15-37-22)28-30(43)40(16-14-27(42)46-3)33(45)41(31(28)47-29)19-23-25(34)8-6-9-26(23)35/h4-13,15H,14,16-19H2,1-3H3,(H2,36,38,44). The highest BCUT2D eigenvalue weighted by Crippen LogP contribution is 2.38. The van der Waals surface area contributed by atoms with Gasteiger partial charge in [0.25, 0.3) is 5.56 Å². The first kappa shape index (κ1) is 33.2. The molecule has 2 N–H and O–H groups in total. The lowest BCUT2D eigenvalue weighted by Gasteiger charge is -2.18. The van der Waals surface area contributed by atoms with Crippen LogP contribution in [0.25, 0.3) is 20.7 Å². The highest BCUT2D eigenvalue weighted by Gasteiger charge is 2.25. The van der Waals surface area contributed by atoms with E-state index >= 15 is 0 Å². The molecule has 47 heavy (non-hydrogen) atoms. The Kier molecular flexibility index (Phi) is 10.2. The largest absolute Gasteiger partial charge is 0.469 e. The van der Waals surface area contributed by atoms with E-state index in [-0.39, 0.29) is 35.3 Å². The predicted molar refractivity (Wildman–Crippen MR) is 175 cm³/mol. The van der Waals surface area contributed by atoms with Gasteiger partial charge in [0.05, 0.1) is 31.2 Å². The summed E-state index contributed by atoms with van der Waals surface area (Å²) in [7, 11) is 4.56. The number of amides is 2. The number of fused-ring (bicyclic) bond motifs is 1. The molecular weight excluding hydrogens is 630 g/mol. The maximum absolute atomic E-state index is 14.9. The summed E-state index contributed by atoms with van der Waals surface area (Å²) in [6.45, 7) is -0.120. The lowest BCUT2D eigenvalue weighted by atomic mass is 10.1. The van der Waals surface area contributed by atoms with Crippen LogP contribution in [0.1, 0.15) is 23.2 Å². The first-order valence-electron chi connectivity index (χ1n) is 14.6. The lowest BCUT2D eigenvalue weighted by molar-refractivity contribution is -0.140. The van der Waals surface area contributed by atoms with Gasteiger partial charge in [-0.1, -0.05) is 24.3 Å². The summed E-state index contributed by atoms with van der Waals surface area (Å²) in [6.07, 6.45) is 1.42. The number of urea groups is 1. The van der Waals surface area contributed by atoms with Crippen LogP contribution in [-0.2, 0) is 35.7 Å². The van der Waals surface area contributed by atoms with Crippen LogP contribution in [0.15, 0.2) is 76.4 Å². The van der Waals surface area contributed by atoms with Crippen molar-refractivity contribution in [2.24, 2.45) is 0 Å². The monoisotopic (exact) mass is 662 g/mol. The first-order chi connectivity index (χ1) is 22.6. The summed E-state index contributed by atoms with van der Waals surface area (Å²) in [4.78, 5) is 59.2. The van der Waals surface area contributed by atoms with Gasteiger partial charge >= 0.3 is 17.7 Å². The van der Waals surface area contributed by atoms with Gasteiger partial charge in [-0.25, -0.2) is 18.4 Å². The normalized spacial score (nSPS) is 11.2. The summed E-state index contributed by atoms with van der Waals surface area (Å²) >= 11 is 1.14. The second-order valence-corrected chi connectivity index (χ2v) is 11.7. The number of pyridine rings is 1. The van der Waals surface area contributed by atoms with E-state index in [1.54, 1.807) is 30.5 Å². The maximum atomic E-state index is 14.9. The lowest BCUT2D eigenvalue weighted by Crippen LogP contribution is -2.41. The molecule has 0 fully saturated rings. The Morgan fingerprint density at radius 1 is 0.957 bits per heavy atom. The van der Waals surface area contributed by atoms with Crippen molar-refractivity contribution in [3.63, 3.8) is 0 Å². The number of esters is 1. The van der Waals surface area contributed by atoms with Gasteiger partial charge in [0.2, 0.25) is 0 Å². The van der Waals surface area contributed by atoms with E-state index < -0.39 is 41.4 Å². The molecule has 3 heterocycles. The van der Waals surface area contributed by atoms with Gasteiger partial charge in [-0.3, -0.25) is 28.6 Å². The van der Waals surface area contributed by atoms with Crippen LogP contribution >= 0.6 is 11.3 Å². The zero-order valence-corrected chi connectivity index (χ0v) is 26.7. The van der Waals surface area contributed by atoms with Crippen molar-refractivity contribution in [2.45, 2.75) is 32.6 Å². The number of nitrogens with one attached hydrogen (secondary N) is 2. The van der Waals surface area contributed by atoms with E-state index in [1.807, 2.05) is 30.1 Å².